The molecular formula is C10H10BrF2N3. The van der Waals surface area contributed by atoms with Crippen LogP contribution in [0, 0.1) is 11.6 Å². The zero-order chi connectivity index (χ0) is 11.5. The molecule has 1 saturated heterocycles. The van der Waals surface area contributed by atoms with E-state index in [1.165, 1.54) is 12.1 Å². The van der Waals surface area contributed by atoms with Crippen LogP contribution in [0.5, 0.6) is 0 Å². The number of hydrogen-bond acceptors (Lipinski definition) is 2. The van der Waals surface area contributed by atoms with Gasteiger partial charge in [-0.25, -0.2) is 8.78 Å². The fraction of sp³-hybridized carbons (Fsp3) is 0.400. The lowest BCUT2D eigenvalue weighted by Gasteiger charge is -2.07. The zero-order valence-corrected chi connectivity index (χ0v) is 10.0. The van der Waals surface area contributed by atoms with Gasteiger partial charge in [-0.3, -0.25) is 5.01 Å². The summed E-state index contributed by atoms with van der Waals surface area (Å²) in [6.45, 7) is 1.59. The van der Waals surface area contributed by atoms with Gasteiger partial charge in [0.1, 0.15) is 0 Å². The molecule has 3 nitrogen and oxygen atoms in total. The topological polar surface area (TPSA) is 28.0 Å². The molecule has 0 spiro atoms. The molecule has 1 fully saturated rings. The highest BCUT2D eigenvalue weighted by molar-refractivity contribution is 9.10. The van der Waals surface area contributed by atoms with Crippen molar-refractivity contribution in [2.75, 3.05) is 13.1 Å². The summed E-state index contributed by atoms with van der Waals surface area (Å²) in [5.74, 6) is -1.43. The Kier molecular flexibility index (Phi) is 3.48. The lowest BCUT2D eigenvalue weighted by Crippen LogP contribution is -2.09. The van der Waals surface area contributed by atoms with Crippen molar-refractivity contribution < 1.29 is 8.78 Å². The fourth-order valence-electron chi connectivity index (χ4n) is 1.53. The molecule has 1 heterocycles. The molecule has 1 aromatic rings. The Hall–Kier alpha value is -1.04. The Labute approximate surface area is 100 Å². The molecule has 0 atom stereocenters. The molecule has 0 saturated carbocycles. The van der Waals surface area contributed by atoms with Crippen molar-refractivity contribution in [2.45, 2.75) is 12.8 Å². The van der Waals surface area contributed by atoms with E-state index in [4.69, 9.17) is 0 Å². The van der Waals surface area contributed by atoms with E-state index in [2.05, 4.69) is 26.3 Å². The second-order valence-electron chi connectivity index (χ2n) is 3.57. The van der Waals surface area contributed by atoms with E-state index in [0.29, 0.717) is 4.47 Å². The second kappa shape index (κ2) is 4.86. The average molecular weight is 290 g/mol. The summed E-state index contributed by atoms with van der Waals surface area (Å²) in [4.78, 5) is 0. The standard InChI is InChI=1S/C10H10BrF2N3/c11-7-5-8(12)10(9(13)6-7)14-15-16-3-1-2-4-16/h5-6H,1-4H2/b15-14+. The molecule has 0 bridgehead atoms. The summed E-state index contributed by atoms with van der Waals surface area (Å²) >= 11 is 3.00. The van der Waals surface area contributed by atoms with Crippen LogP contribution in [0.1, 0.15) is 12.8 Å². The van der Waals surface area contributed by atoms with Gasteiger partial charge in [-0.2, -0.15) is 0 Å². The van der Waals surface area contributed by atoms with Gasteiger partial charge in [0, 0.05) is 17.6 Å². The number of hydrogen-bond donors (Lipinski definition) is 0. The fourth-order valence-corrected chi connectivity index (χ4v) is 1.93. The molecule has 0 unspecified atom stereocenters. The van der Waals surface area contributed by atoms with Crippen LogP contribution in [0.2, 0.25) is 0 Å². The van der Waals surface area contributed by atoms with E-state index < -0.39 is 11.6 Å². The van der Waals surface area contributed by atoms with E-state index in [1.807, 2.05) is 0 Å². The summed E-state index contributed by atoms with van der Waals surface area (Å²) in [5, 5.41) is 9.13. The van der Waals surface area contributed by atoms with Gasteiger partial charge in [0.2, 0.25) is 0 Å². The van der Waals surface area contributed by atoms with Crippen molar-refractivity contribution in [3.63, 3.8) is 0 Å². The third-order valence-corrected chi connectivity index (χ3v) is 2.79. The molecule has 0 radical (unpaired) electrons. The average Bonchev–Trinajstić information content (AvgIpc) is 2.68. The second-order valence-corrected chi connectivity index (χ2v) is 4.48. The maximum Gasteiger partial charge on any atom is 0.159 e. The Bertz CT molecular complexity index is 394. The van der Waals surface area contributed by atoms with Crippen molar-refractivity contribution in [3.8, 4) is 0 Å². The highest BCUT2D eigenvalue weighted by Gasteiger charge is 2.12. The van der Waals surface area contributed by atoms with Crippen LogP contribution in [0.4, 0.5) is 14.5 Å². The molecule has 0 N–H and O–H groups in total. The SMILES string of the molecule is Fc1cc(Br)cc(F)c1/N=N/N1CCCC1. The summed E-state index contributed by atoms with van der Waals surface area (Å²) < 4.78 is 27.0. The summed E-state index contributed by atoms with van der Waals surface area (Å²) in [5.41, 5.74) is -0.338. The molecule has 86 valence electrons. The molecule has 1 aromatic carbocycles. The Morgan fingerprint density at radius 2 is 1.69 bits per heavy atom. The predicted molar refractivity (Wildman–Crippen MR) is 59.4 cm³/mol. The summed E-state index contributed by atoms with van der Waals surface area (Å²) in [7, 11) is 0. The predicted octanol–water partition coefficient (Wildman–Crippen LogP) is 3.82. The van der Waals surface area contributed by atoms with E-state index in [-0.39, 0.29) is 5.69 Å². The quantitative estimate of drug-likeness (QED) is 0.761. The lowest BCUT2D eigenvalue weighted by atomic mass is 10.3. The van der Waals surface area contributed by atoms with Crippen molar-refractivity contribution in [1.82, 2.24) is 5.01 Å². The Balaban J connectivity index is 2.20. The number of nitrogens with zero attached hydrogens (tertiary/aromatic N) is 3. The molecule has 16 heavy (non-hydrogen) atoms. The van der Waals surface area contributed by atoms with Crippen molar-refractivity contribution in [1.29, 1.82) is 0 Å². The van der Waals surface area contributed by atoms with E-state index >= 15 is 0 Å². The third-order valence-electron chi connectivity index (χ3n) is 2.34. The minimum absolute atomic E-state index is 0.338. The van der Waals surface area contributed by atoms with E-state index in [9.17, 15) is 8.78 Å². The van der Waals surface area contributed by atoms with Crippen molar-refractivity contribution in [2.24, 2.45) is 10.3 Å². The Morgan fingerprint density at radius 3 is 2.25 bits per heavy atom. The normalized spacial score (nSPS) is 16.3. The minimum Gasteiger partial charge on any atom is -0.278 e. The number of halogens is 3. The van der Waals surface area contributed by atoms with Crippen LogP contribution < -0.4 is 0 Å². The van der Waals surface area contributed by atoms with Crippen LogP contribution in [0.25, 0.3) is 0 Å². The number of rotatable bonds is 2. The smallest absolute Gasteiger partial charge is 0.159 e. The molecule has 0 aliphatic carbocycles. The van der Waals surface area contributed by atoms with Gasteiger partial charge in [-0.05, 0) is 25.0 Å². The van der Waals surface area contributed by atoms with Crippen LogP contribution in [0.3, 0.4) is 0 Å². The van der Waals surface area contributed by atoms with Gasteiger partial charge in [0.25, 0.3) is 0 Å². The number of benzene rings is 1. The van der Waals surface area contributed by atoms with Crippen LogP contribution in [-0.2, 0) is 0 Å². The first-order valence-electron chi connectivity index (χ1n) is 4.98. The van der Waals surface area contributed by atoms with Gasteiger partial charge in [0.15, 0.2) is 17.3 Å². The molecule has 0 aromatic heterocycles. The van der Waals surface area contributed by atoms with E-state index in [1.54, 1.807) is 5.01 Å². The molecule has 6 heteroatoms. The maximum absolute atomic E-state index is 13.3. The van der Waals surface area contributed by atoms with E-state index in [0.717, 1.165) is 25.9 Å². The molecule has 0 amide bonds. The highest BCUT2D eigenvalue weighted by Crippen LogP contribution is 2.27. The van der Waals surface area contributed by atoms with Gasteiger partial charge in [-0.15, -0.1) is 5.11 Å². The van der Waals surface area contributed by atoms with Gasteiger partial charge in [-0.1, -0.05) is 21.2 Å². The maximum atomic E-state index is 13.3. The monoisotopic (exact) mass is 289 g/mol. The molecule has 1 aliphatic heterocycles. The van der Waals surface area contributed by atoms with Gasteiger partial charge >= 0.3 is 0 Å². The Morgan fingerprint density at radius 1 is 1.12 bits per heavy atom. The molecule has 2 rings (SSSR count). The van der Waals surface area contributed by atoms with Gasteiger partial charge in [0.05, 0.1) is 0 Å². The van der Waals surface area contributed by atoms with Crippen LogP contribution in [-0.4, -0.2) is 18.1 Å². The third kappa shape index (κ3) is 2.55. The van der Waals surface area contributed by atoms with Crippen molar-refractivity contribution in [3.05, 3.63) is 28.2 Å². The highest BCUT2D eigenvalue weighted by atomic mass is 79.9. The van der Waals surface area contributed by atoms with Crippen molar-refractivity contribution >= 4 is 21.6 Å². The molecular weight excluding hydrogens is 280 g/mol. The summed E-state index contributed by atoms with van der Waals surface area (Å²) in [6.07, 6.45) is 2.09. The lowest BCUT2D eigenvalue weighted by molar-refractivity contribution is 0.335. The zero-order valence-electron chi connectivity index (χ0n) is 8.46. The minimum atomic E-state index is -0.713. The van der Waals surface area contributed by atoms with Gasteiger partial charge < -0.3 is 0 Å². The molecule has 1 aliphatic rings. The van der Waals surface area contributed by atoms with Crippen LogP contribution in [0.15, 0.2) is 26.9 Å². The largest absolute Gasteiger partial charge is 0.278 e. The first kappa shape index (κ1) is 11.4. The first-order chi connectivity index (χ1) is 7.66. The van der Waals surface area contributed by atoms with Crippen LogP contribution >= 0.6 is 15.9 Å². The summed E-state index contributed by atoms with van der Waals surface area (Å²) in [6, 6.07) is 2.34. The first-order valence-corrected chi connectivity index (χ1v) is 5.77.